The molecule has 0 aliphatic carbocycles. The number of halogens is 1. The predicted molar refractivity (Wildman–Crippen MR) is 85.2 cm³/mol. The molecule has 0 aliphatic heterocycles. The fourth-order valence-electron chi connectivity index (χ4n) is 1.83. The number of carbonyl (C=O) groups is 1. The number of ether oxygens (including phenoxy) is 1. The van der Waals surface area contributed by atoms with E-state index in [4.69, 9.17) is 10.5 Å². The van der Waals surface area contributed by atoms with Crippen LogP contribution in [0.4, 0.5) is 21.8 Å². The number of esters is 1. The van der Waals surface area contributed by atoms with Crippen LogP contribution in [0.15, 0.2) is 29.3 Å². The van der Waals surface area contributed by atoms with Crippen molar-refractivity contribution in [1.29, 1.82) is 0 Å². The van der Waals surface area contributed by atoms with Gasteiger partial charge >= 0.3 is 5.97 Å². The van der Waals surface area contributed by atoms with Crippen LogP contribution in [0.5, 0.6) is 0 Å². The van der Waals surface area contributed by atoms with Gasteiger partial charge < -0.3 is 15.8 Å². The minimum absolute atomic E-state index is 0.0148. The molecule has 0 bridgehead atoms. The van der Waals surface area contributed by atoms with Crippen LogP contribution in [0.25, 0.3) is 0 Å². The van der Waals surface area contributed by atoms with Crippen molar-refractivity contribution in [3.05, 3.63) is 35.8 Å². The first-order chi connectivity index (χ1) is 11.2. The number of aromatic nitrogens is 2. The Morgan fingerprint density at radius 2 is 2.12 bits per heavy atom. The first-order valence-electron chi connectivity index (χ1n) is 6.78. The molecule has 1 heterocycles. The molecule has 0 unspecified atom stereocenters. The van der Waals surface area contributed by atoms with Gasteiger partial charge in [-0.2, -0.15) is 4.98 Å². The second-order valence-electron chi connectivity index (χ2n) is 4.76. The number of nitrogens with zero attached hydrogens (tertiary/aromatic N) is 2. The van der Waals surface area contributed by atoms with Crippen LogP contribution in [0, 0.1) is 5.82 Å². The summed E-state index contributed by atoms with van der Waals surface area (Å²) in [6, 6.07) is 3.48. The molecule has 0 saturated heterocycles. The van der Waals surface area contributed by atoms with E-state index in [1.54, 1.807) is 6.92 Å². The molecule has 1 aromatic carbocycles. The Balaban J connectivity index is 2.24. The van der Waals surface area contributed by atoms with Crippen LogP contribution < -0.4 is 11.1 Å². The molecule has 3 N–H and O–H groups in total. The Hall–Kier alpha value is -2.75. The van der Waals surface area contributed by atoms with Gasteiger partial charge in [-0.1, -0.05) is 0 Å². The Kier molecular flexibility index (Phi) is 4.98. The van der Waals surface area contributed by atoms with E-state index in [1.807, 2.05) is 0 Å². The van der Waals surface area contributed by atoms with Crippen molar-refractivity contribution in [3.8, 4) is 0 Å². The van der Waals surface area contributed by atoms with Crippen LogP contribution in [-0.4, -0.2) is 37.2 Å². The van der Waals surface area contributed by atoms with Gasteiger partial charge in [-0.05, 0) is 25.1 Å². The fourth-order valence-corrected chi connectivity index (χ4v) is 2.56. The van der Waals surface area contributed by atoms with Gasteiger partial charge in [0.25, 0.3) is 0 Å². The summed E-state index contributed by atoms with van der Waals surface area (Å²) in [7, 11) is -3.66. The highest BCUT2D eigenvalue weighted by Gasteiger charge is 2.16. The Morgan fingerprint density at radius 3 is 2.67 bits per heavy atom. The maximum absolute atomic E-state index is 13.8. The molecule has 1 aromatic heterocycles. The molecule has 0 spiro atoms. The quantitative estimate of drug-likeness (QED) is 0.775. The van der Waals surface area contributed by atoms with Crippen molar-refractivity contribution in [2.24, 2.45) is 0 Å². The van der Waals surface area contributed by atoms with Crippen LogP contribution in [-0.2, 0) is 14.6 Å². The monoisotopic (exact) mass is 354 g/mol. The maximum atomic E-state index is 13.8. The number of hydrogen-bond acceptors (Lipinski definition) is 8. The number of carbonyl (C=O) groups excluding carboxylic acids is 1. The molecule has 2 aromatic rings. The summed E-state index contributed by atoms with van der Waals surface area (Å²) in [5, 5.41) is 2.67. The zero-order chi connectivity index (χ0) is 17.9. The van der Waals surface area contributed by atoms with Gasteiger partial charge in [-0.15, -0.1) is 0 Å². The largest absolute Gasteiger partial charge is 0.462 e. The number of nitrogens with two attached hydrogens (primary N) is 1. The second kappa shape index (κ2) is 6.79. The lowest BCUT2D eigenvalue weighted by Gasteiger charge is -2.09. The standard InChI is InChI=1S/C14H15FN4O4S/c1-3-23-13(20)9-7-17-14(19-12(9)16)18-8-4-5-11(10(15)6-8)24(2,21)22/h4-7H,3H2,1-2H3,(H3,16,17,18,19). The molecule has 0 amide bonds. The number of nitrogens with one attached hydrogen (secondary N) is 1. The van der Waals surface area contributed by atoms with Gasteiger partial charge in [0.2, 0.25) is 5.95 Å². The van der Waals surface area contributed by atoms with Gasteiger partial charge in [-0.3, -0.25) is 0 Å². The average Bonchev–Trinajstić information content (AvgIpc) is 2.46. The van der Waals surface area contributed by atoms with Crippen molar-refractivity contribution in [2.75, 3.05) is 23.9 Å². The van der Waals surface area contributed by atoms with Crippen molar-refractivity contribution >= 4 is 33.3 Å². The van der Waals surface area contributed by atoms with E-state index in [1.165, 1.54) is 12.3 Å². The zero-order valence-corrected chi connectivity index (χ0v) is 13.7. The second-order valence-corrected chi connectivity index (χ2v) is 6.74. The van der Waals surface area contributed by atoms with Crippen molar-refractivity contribution < 1.29 is 22.3 Å². The van der Waals surface area contributed by atoms with E-state index in [0.29, 0.717) is 0 Å². The highest BCUT2D eigenvalue weighted by molar-refractivity contribution is 7.90. The molecule has 2 rings (SSSR count). The first kappa shape index (κ1) is 17.6. The third-order valence-electron chi connectivity index (χ3n) is 2.90. The van der Waals surface area contributed by atoms with E-state index in [2.05, 4.69) is 15.3 Å². The average molecular weight is 354 g/mol. The predicted octanol–water partition coefficient (Wildman–Crippen LogP) is 1.52. The molecular formula is C14H15FN4O4S. The van der Waals surface area contributed by atoms with Crippen molar-refractivity contribution in [3.63, 3.8) is 0 Å². The molecule has 128 valence electrons. The molecule has 0 radical (unpaired) electrons. The number of rotatable bonds is 5. The Labute approximate surface area is 137 Å². The van der Waals surface area contributed by atoms with E-state index in [0.717, 1.165) is 18.4 Å². The van der Waals surface area contributed by atoms with Crippen LogP contribution in [0.3, 0.4) is 0 Å². The maximum Gasteiger partial charge on any atom is 0.343 e. The fraction of sp³-hybridized carbons (Fsp3) is 0.214. The van der Waals surface area contributed by atoms with Gasteiger partial charge in [0, 0.05) is 18.1 Å². The van der Waals surface area contributed by atoms with E-state index in [9.17, 15) is 17.6 Å². The summed E-state index contributed by atoms with van der Waals surface area (Å²) < 4.78 is 41.4. The lowest BCUT2D eigenvalue weighted by atomic mass is 10.3. The minimum Gasteiger partial charge on any atom is -0.462 e. The van der Waals surface area contributed by atoms with Gasteiger partial charge in [0.05, 0.1) is 6.61 Å². The molecular weight excluding hydrogens is 339 g/mol. The number of hydrogen-bond donors (Lipinski definition) is 2. The molecule has 8 nitrogen and oxygen atoms in total. The summed E-state index contributed by atoms with van der Waals surface area (Å²) in [6.07, 6.45) is 2.10. The molecule has 0 fully saturated rings. The van der Waals surface area contributed by atoms with Crippen molar-refractivity contribution in [1.82, 2.24) is 9.97 Å². The number of sulfone groups is 1. The van der Waals surface area contributed by atoms with Crippen LogP contribution >= 0.6 is 0 Å². The molecule has 0 atom stereocenters. The highest BCUT2D eigenvalue weighted by Crippen LogP contribution is 2.21. The third kappa shape index (κ3) is 3.96. The van der Waals surface area contributed by atoms with Crippen LogP contribution in [0.1, 0.15) is 17.3 Å². The number of benzene rings is 1. The lowest BCUT2D eigenvalue weighted by molar-refractivity contribution is 0.0527. The summed E-state index contributed by atoms with van der Waals surface area (Å²) in [6.45, 7) is 1.84. The SMILES string of the molecule is CCOC(=O)c1cnc(Nc2ccc(S(C)(=O)=O)c(F)c2)nc1N. The van der Waals surface area contributed by atoms with E-state index in [-0.39, 0.29) is 29.6 Å². The van der Waals surface area contributed by atoms with Gasteiger partial charge in [0.15, 0.2) is 9.84 Å². The molecule has 0 aliphatic rings. The first-order valence-corrected chi connectivity index (χ1v) is 8.67. The number of anilines is 3. The van der Waals surface area contributed by atoms with Gasteiger partial charge in [-0.25, -0.2) is 22.6 Å². The highest BCUT2D eigenvalue weighted by atomic mass is 32.2. The molecule has 10 heteroatoms. The Morgan fingerprint density at radius 1 is 1.42 bits per heavy atom. The summed E-state index contributed by atoms with van der Waals surface area (Å²) in [4.78, 5) is 19.0. The summed E-state index contributed by atoms with van der Waals surface area (Å²) in [5.41, 5.74) is 5.91. The minimum atomic E-state index is -3.66. The lowest BCUT2D eigenvalue weighted by Crippen LogP contribution is -2.11. The zero-order valence-electron chi connectivity index (χ0n) is 12.9. The summed E-state index contributed by atoms with van der Waals surface area (Å²) in [5.74, 6) is -1.63. The third-order valence-corrected chi connectivity index (χ3v) is 4.03. The summed E-state index contributed by atoms with van der Waals surface area (Å²) >= 11 is 0. The normalized spacial score (nSPS) is 11.1. The molecule has 24 heavy (non-hydrogen) atoms. The van der Waals surface area contributed by atoms with E-state index < -0.39 is 26.5 Å². The molecule has 0 saturated carbocycles. The van der Waals surface area contributed by atoms with Crippen LogP contribution in [0.2, 0.25) is 0 Å². The van der Waals surface area contributed by atoms with Crippen molar-refractivity contribution in [2.45, 2.75) is 11.8 Å². The smallest absolute Gasteiger partial charge is 0.343 e. The van der Waals surface area contributed by atoms with E-state index >= 15 is 0 Å². The van der Waals surface area contributed by atoms with Gasteiger partial charge in [0.1, 0.15) is 22.1 Å². The topological polar surface area (TPSA) is 124 Å². The Bertz CT molecular complexity index is 886. The number of nitrogen functional groups attached to an aromatic ring is 1.